The molecule has 8 heteroatoms. The molecule has 0 spiro atoms. The van der Waals surface area contributed by atoms with Crippen LogP contribution in [0.4, 0.5) is 5.13 Å². The van der Waals surface area contributed by atoms with Crippen molar-refractivity contribution in [1.29, 1.82) is 0 Å². The van der Waals surface area contributed by atoms with Gasteiger partial charge >= 0.3 is 0 Å². The molecule has 1 amide bonds. The van der Waals surface area contributed by atoms with Crippen molar-refractivity contribution >= 4 is 56.0 Å². The number of halogens is 1. The van der Waals surface area contributed by atoms with Gasteiger partial charge in [0.1, 0.15) is 11.3 Å². The number of hydrogen-bond donors (Lipinski definition) is 0. The molecule has 0 unspecified atom stereocenters. The van der Waals surface area contributed by atoms with Crippen LogP contribution in [0.5, 0.6) is 5.75 Å². The number of fused-ring (bicyclic) bond motifs is 1. The van der Waals surface area contributed by atoms with Crippen molar-refractivity contribution in [2.24, 2.45) is 0 Å². The number of methoxy groups -OCH3 is 1. The summed E-state index contributed by atoms with van der Waals surface area (Å²) in [5, 5.41) is 1.66. The molecule has 160 valence electrons. The van der Waals surface area contributed by atoms with Gasteiger partial charge in [-0.3, -0.25) is 9.69 Å². The molecular formula is C22H26ClN3O2S2. The number of anilines is 1. The fourth-order valence-corrected chi connectivity index (χ4v) is 5.11. The van der Waals surface area contributed by atoms with Gasteiger partial charge in [0.05, 0.1) is 16.8 Å². The van der Waals surface area contributed by atoms with Crippen molar-refractivity contribution in [1.82, 2.24) is 9.88 Å². The summed E-state index contributed by atoms with van der Waals surface area (Å²) in [5.41, 5.74) is 1.33. The van der Waals surface area contributed by atoms with Crippen molar-refractivity contribution in [2.75, 3.05) is 39.2 Å². The standard InChI is InChI=1S/C22H26ClN3O2S2/c1-14(2)29-16-8-6-7-15(13-16)21(27)26(12-11-25(3)4)22-24-19-18(28-5)10-9-17(23)20(19)30-22/h6-10,13-14H,11-12H2,1-5H3. The number of carbonyl (C=O) groups is 1. The monoisotopic (exact) mass is 463 g/mol. The smallest absolute Gasteiger partial charge is 0.260 e. The van der Waals surface area contributed by atoms with Crippen LogP contribution in [0.2, 0.25) is 5.02 Å². The van der Waals surface area contributed by atoms with Gasteiger partial charge in [-0.05, 0) is 44.4 Å². The van der Waals surface area contributed by atoms with Crippen LogP contribution in [0.25, 0.3) is 10.2 Å². The van der Waals surface area contributed by atoms with Crippen molar-refractivity contribution in [3.8, 4) is 5.75 Å². The topological polar surface area (TPSA) is 45.7 Å². The highest BCUT2D eigenvalue weighted by Crippen LogP contribution is 2.39. The number of nitrogens with zero attached hydrogens (tertiary/aromatic N) is 3. The summed E-state index contributed by atoms with van der Waals surface area (Å²) in [7, 11) is 5.58. The lowest BCUT2D eigenvalue weighted by Crippen LogP contribution is -2.36. The van der Waals surface area contributed by atoms with Crippen LogP contribution >= 0.6 is 34.7 Å². The molecule has 0 saturated heterocycles. The predicted molar refractivity (Wildman–Crippen MR) is 129 cm³/mol. The Kier molecular flexibility index (Phi) is 7.63. The third kappa shape index (κ3) is 5.27. The number of thiazole rings is 1. The third-order valence-electron chi connectivity index (χ3n) is 4.37. The van der Waals surface area contributed by atoms with Crippen LogP contribution in [-0.2, 0) is 0 Å². The Morgan fingerprint density at radius 3 is 2.67 bits per heavy atom. The van der Waals surface area contributed by atoms with Gasteiger partial charge in [-0.1, -0.05) is 42.9 Å². The van der Waals surface area contributed by atoms with Gasteiger partial charge in [-0.2, -0.15) is 0 Å². The summed E-state index contributed by atoms with van der Waals surface area (Å²) in [6.07, 6.45) is 0. The molecule has 0 radical (unpaired) electrons. The Labute approximate surface area is 191 Å². The maximum absolute atomic E-state index is 13.5. The Balaban J connectivity index is 2.02. The lowest BCUT2D eigenvalue weighted by Gasteiger charge is -2.22. The van der Waals surface area contributed by atoms with Crippen LogP contribution in [0.1, 0.15) is 24.2 Å². The van der Waals surface area contributed by atoms with Gasteiger partial charge in [-0.25, -0.2) is 4.98 Å². The average molecular weight is 464 g/mol. The molecule has 3 aromatic rings. The first-order valence-corrected chi connectivity index (χ1v) is 11.7. The fraction of sp³-hybridized carbons (Fsp3) is 0.364. The molecule has 0 aliphatic carbocycles. The lowest BCUT2D eigenvalue weighted by molar-refractivity contribution is 0.0985. The Morgan fingerprint density at radius 2 is 2.00 bits per heavy atom. The summed E-state index contributed by atoms with van der Waals surface area (Å²) < 4.78 is 6.26. The van der Waals surface area contributed by atoms with E-state index >= 15 is 0 Å². The average Bonchev–Trinajstić information content (AvgIpc) is 3.14. The quantitative estimate of drug-likeness (QED) is 0.403. The van der Waals surface area contributed by atoms with Crippen LogP contribution in [0.15, 0.2) is 41.3 Å². The highest BCUT2D eigenvalue weighted by Gasteiger charge is 2.23. The van der Waals surface area contributed by atoms with E-state index in [0.29, 0.717) is 45.3 Å². The van der Waals surface area contributed by atoms with Crippen LogP contribution in [0.3, 0.4) is 0 Å². The van der Waals surface area contributed by atoms with Gasteiger partial charge in [0.15, 0.2) is 5.13 Å². The van der Waals surface area contributed by atoms with E-state index < -0.39 is 0 Å². The van der Waals surface area contributed by atoms with E-state index in [1.54, 1.807) is 35.9 Å². The van der Waals surface area contributed by atoms with Gasteiger partial charge in [0.25, 0.3) is 5.91 Å². The SMILES string of the molecule is COc1ccc(Cl)c2sc(N(CCN(C)C)C(=O)c3cccc(SC(C)C)c3)nc12. The highest BCUT2D eigenvalue weighted by molar-refractivity contribution is 7.99. The Hall–Kier alpha value is -1.80. The van der Waals surface area contributed by atoms with Crippen LogP contribution in [0, 0.1) is 0 Å². The molecule has 0 fully saturated rings. The maximum Gasteiger partial charge on any atom is 0.260 e. The second-order valence-electron chi connectivity index (χ2n) is 7.38. The molecule has 30 heavy (non-hydrogen) atoms. The molecule has 2 aromatic carbocycles. The minimum absolute atomic E-state index is 0.0720. The molecular weight excluding hydrogens is 438 g/mol. The first-order chi connectivity index (χ1) is 14.3. The molecule has 0 aliphatic rings. The number of aromatic nitrogens is 1. The van der Waals surface area contributed by atoms with E-state index in [4.69, 9.17) is 21.3 Å². The van der Waals surface area contributed by atoms with Crippen LogP contribution in [-0.4, -0.2) is 55.3 Å². The molecule has 0 saturated carbocycles. The van der Waals surface area contributed by atoms with Gasteiger partial charge < -0.3 is 9.64 Å². The molecule has 5 nitrogen and oxygen atoms in total. The normalized spacial score (nSPS) is 11.5. The van der Waals surface area contributed by atoms with Crippen molar-refractivity contribution in [3.05, 3.63) is 47.0 Å². The van der Waals surface area contributed by atoms with Crippen molar-refractivity contribution < 1.29 is 9.53 Å². The number of carbonyl (C=O) groups excluding carboxylic acids is 1. The first kappa shape index (κ1) is 22.9. The summed E-state index contributed by atoms with van der Waals surface area (Å²) in [6, 6.07) is 11.4. The molecule has 0 N–H and O–H groups in total. The zero-order chi connectivity index (χ0) is 21.8. The second-order valence-corrected chi connectivity index (χ2v) is 10.4. The number of ether oxygens (including phenoxy) is 1. The predicted octanol–water partition coefficient (Wildman–Crippen LogP) is 5.67. The number of hydrogen-bond acceptors (Lipinski definition) is 6. The molecule has 0 atom stereocenters. The molecule has 0 aliphatic heterocycles. The van der Waals surface area contributed by atoms with Crippen molar-refractivity contribution in [2.45, 2.75) is 24.0 Å². The zero-order valence-electron chi connectivity index (χ0n) is 17.8. The summed E-state index contributed by atoms with van der Waals surface area (Å²) in [4.78, 5) is 23.1. The highest BCUT2D eigenvalue weighted by atomic mass is 35.5. The van der Waals surface area contributed by atoms with Crippen LogP contribution < -0.4 is 9.64 Å². The van der Waals surface area contributed by atoms with Gasteiger partial charge in [0.2, 0.25) is 0 Å². The minimum atomic E-state index is -0.0720. The number of amides is 1. The largest absolute Gasteiger partial charge is 0.494 e. The first-order valence-electron chi connectivity index (χ1n) is 9.66. The molecule has 1 heterocycles. The Bertz CT molecular complexity index is 1040. The number of likely N-dealkylation sites (N-methyl/N-ethyl adjacent to an activating group) is 1. The zero-order valence-corrected chi connectivity index (χ0v) is 20.2. The number of rotatable bonds is 8. The maximum atomic E-state index is 13.5. The Morgan fingerprint density at radius 1 is 1.23 bits per heavy atom. The summed E-state index contributed by atoms with van der Waals surface area (Å²) in [5.74, 6) is 0.574. The lowest BCUT2D eigenvalue weighted by atomic mass is 10.2. The van der Waals surface area contributed by atoms with E-state index in [9.17, 15) is 4.79 Å². The minimum Gasteiger partial charge on any atom is -0.494 e. The van der Waals surface area contributed by atoms with E-state index in [0.717, 1.165) is 9.60 Å². The van der Waals surface area contributed by atoms with Gasteiger partial charge in [-0.15, -0.1) is 11.8 Å². The second kappa shape index (κ2) is 10.0. The molecule has 3 rings (SSSR count). The fourth-order valence-electron chi connectivity index (χ4n) is 2.94. The van der Waals surface area contributed by atoms with E-state index in [-0.39, 0.29) is 5.91 Å². The number of thioether (sulfide) groups is 1. The summed E-state index contributed by atoms with van der Waals surface area (Å²) in [6.45, 7) is 5.52. The van der Waals surface area contributed by atoms with Gasteiger partial charge in [0, 0.05) is 28.8 Å². The summed E-state index contributed by atoms with van der Waals surface area (Å²) >= 11 is 9.55. The van der Waals surface area contributed by atoms with Crippen molar-refractivity contribution in [3.63, 3.8) is 0 Å². The van der Waals surface area contributed by atoms with E-state index in [1.165, 1.54) is 11.3 Å². The molecule has 1 aromatic heterocycles. The van der Waals surface area contributed by atoms with E-state index in [1.807, 2.05) is 43.3 Å². The number of benzene rings is 2. The van der Waals surface area contributed by atoms with E-state index in [2.05, 4.69) is 13.8 Å². The third-order valence-corrected chi connectivity index (χ3v) is 6.90. The molecule has 0 bridgehead atoms.